The Morgan fingerprint density at radius 1 is 1.35 bits per heavy atom. The number of hydrogen-bond donors (Lipinski definition) is 1. The summed E-state index contributed by atoms with van der Waals surface area (Å²) in [6, 6.07) is 6.65. The van der Waals surface area contributed by atoms with Gasteiger partial charge < -0.3 is 14.6 Å². The SMILES string of the molecule is Cc1cc(COc2ccc(F)cc2CNC(C)C)no1. The highest BCUT2D eigenvalue weighted by Crippen LogP contribution is 2.21. The van der Waals surface area contributed by atoms with E-state index in [1.807, 2.05) is 26.8 Å². The molecule has 0 spiro atoms. The summed E-state index contributed by atoms with van der Waals surface area (Å²) in [4.78, 5) is 0. The lowest BCUT2D eigenvalue weighted by molar-refractivity contribution is 0.284. The van der Waals surface area contributed by atoms with E-state index in [1.54, 1.807) is 6.07 Å². The molecule has 2 aromatic rings. The van der Waals surface area contributed by atoms with Crippen molar-refractivity contribution in [2.75, 3.05) is 0 Å². The number of ether oxygens (including phenoxy) is 1. The van der Waals surface area contributed by atoms with Crippen LogP contribution in [0.5, 0.6) is 5.75 Å². The van der Waals surface area contributed by atoms with Crippen molar-refractivity contribution in [2.24, 2.45) is 0 Å². The van der Waals surface area contributed by atoms with E-state index in [0.717, 1.165) is 17.0 Å². The third kappa shape index (κ3) is 4.06. The maximum Gasteiger partial charge on any atom is 0.134 e. The first-order valence-electron chi connectivity index (χ1n) is 6.61. The number of aromatic nitrogens is 1. The van der Waals surface area contributed by atoms with Gasteiger partial charge in [0, 0.05) is 24.2 Å². The van der Waals surface area contributed by atoms with Crippen molar-refractivity contribution in [2.45, 2.75) is 40.0 Å². The van der Waals surface area contributed by atoms with Gasteiger partial charge in [0.05, 0.1) is 0 Å². The summed E-state index contributed by atoms with van der Waals surface area (Å²) < 4.78 is 24.0. The summed E-state index contributed by atoms with van der Waals surface area (Å²) in [6.07, 6.45) is 0. The quantitative estimate of drug-likeness (QED) is 0.881. The fourth-order valence-corrected chi connectivity index (χ4v) is 1.78. The van der Waals surface area contributed by atoms with Crippen LogP contribution in [0, 0.1) is 12.7 Å². The molecule has 1 heterocycles. The molecule has 0 atom stereocenters. The molecule has 1 N–H and O–H groups in total. The van der Waals surface area contributed by atoms with Crippen molar-refractivity contribution in [3.8, 4) is 5.75 Å². The first-order chi connectivity index (χ1) is 9.54. The average molecular weight is 278 g/mol. The molecule has 0 bridgehead atoms. The lowest BCUT2D eigenvalue weighted by atomic mass is 10.2. The van der Waals surface area contributed by atoms with Crippen LogP contribution in [0.4, 0.5) is 4.39 Å². The van der Waals surface area contributed by atoms with Crippen molar-refractivity contribution < 1.29 is 13.7 Å². The fraction of sp³-hybridized carbons (Fsp3) is 0.400. The summed E-state index contributed by atoms with van der Waals surface area (Å²) in [5, 5.41) is 7.11. The highest BCUT2D eigenvalue weighted by molar-refractivity contribution is 5.34. The van der Waals surface area contributed by atoms with Crippen LogP contribution in [-0.4, -0.2) is 11.2 Å². The summed E-state index contributed by atoms with van der Waals surface area (Å²) in [5.41, 5.74) is 1.51. The summed E-state index contributed by atoms with van der Waals surface area (Å²) in [7, 11) is 0. The zero-order valence-corrected chi connectivity index (χ0v) is 11.9. The zero-order chi connectivity index (χ0) is 14.5. The molecule has 4 nitrogen and oxygen atoms in total. The maximum atomic E-state index is 13.3. The van der Waals surface area contributed by atoms with Gasteiger partial charge >= 0.3 is 0 Å². The molecular formula is C15H19FN2O2. The molecule has 0 aliphatic heterocycles. The smallest absolute Gasteiger partial charge is 0.134 e. The Morgan fingerprint density at radius 2 is 2.15 bits per heavy atom. The van der Waals surface area contributed by atoms with Crippen molar-refractivity contribution in [3.05, 3.63) is 47.1 Å². The Bertz CT molecular complexity index is 567. The van der Waals surface area contributed by atoms with Gasteiger partial charge in [-0.1, -0.05) is 19.0 Å². The zero-order valence-electron chi connectivity index (χ0n) is 11.9. The Hall–Kier alpha value is -1.88. The van der Waals surface area contributed by atoms with Gasteiger partial charge in [-0.05, 0) is 25.1 Å². The largest absolute Gasteiger partial charge is 0.487 e. The van der Waals surface area contributed by atoms with Crippen LogP contribution < -0.4 is 10.1 Å². The molecule has 0 aliphatic carbocycles. The molecule has 2 rings (SSSR count). The number of aryl methyl sites for hydroxylation is 1. The number of hydrogen-bond acceptors (Lipinski definition) is 4. The van der Waals surface area contributed by atoms with E-state index in [9.17, 15) is 4.39 Å². The Kier molecular flexibility index (Phi) is 4.74. The first-order valence-corrected chi connectivity index (χ1v) is 6.61. The van der Waals surface area contributed by atoms with E-state index < -0.39 is 0 Å². The second kappa shape index (κ2) is 6.52. The van der Waals surface area contributed by atoms with E-state index in [0.29, 0.717) is 24.9 Å². The van der Waals surface area contributed by atoms with Gasteiger partial charge in [0.2, 0.25) is 0 Å². The van der Waals surface area contributed by atoms with Gasteiger partial charge in [-0.3, -0.25) is 0 Å². The molecular weight excluding hydrogens is 259 g/mol. The topological polar surface area (TPSA) is 47.3 Å². The van der Waals surface area contributed by atoms with Gasteiger partial charge in [-0.15, -0.1) is 0 Å². The number of nitrogens with zero attached hydrogens (tertiary/aromatic N) is 1. The molecule has 0 fully saturated rings. The van der Waals surface area contributed by atoms with E-state index in [2.05, 4.69) is 10.5 Å². The molecule has 0 saturated carbocycles. The maximum absolute atomic E-state index is 13.3. The minimum atomic E-state index is -0.268. The average Bonchev–Trinajstić information content (AvgIpc) is 2.81. The van der Waals surface area contributed by atoms with Crippen molar-refractivity contribution in [3.63, 3.8) is 0 Å². The lowest BCUT2D eigenvalue weighted by Gasteiger charge is -2.13. The lowest BCUT2D eigenvalue weighted by Crippen LogP contribution is -2.22. The van der Waals surface area contributed by atoms with Gasteiger partial charge in [0.1, 0.15) is 29.6 Å². The van der Waals surface area contributed by atoms with E-state index in [1.165, 1.54) is 12.1 Å². The second-order valence-corrected chi connectivity index (χ2v) is 5.01. The molecule has 0 aliphatic rings. The van der Waals surface area contributed by atoms with Crippen LogP contribution in [0.3, 0.4) is 0 Å². The van der Waals surface area contributed by atoms with Gasteiger partial charge in [-0.25, -0.2) is 4.39 Å². The van der Waals surface area contributed by atoms with Crippen LogP contribution >= 0.6 is 0 Å². The molecule has 0 radical (unpaired) electrons. The van der Waals surface area contributed by atoms with Crippen molar-refractivity contribution >= 4 is 0 Å². The number of benzene rings is 1. The third-order valence-corrected chi connectivity index (χ3v) is 2.78. The molecule has 1 aromatic heterocycles. The van der Waals surface area contributed by atoms with Crippen LogP contribution in [0.2, 0.25) is 0 Å². The monoisotopic (exact) mass is 278 g/mol. The first kappa shape index (κ1) is 14.5. The summed E-state index contributed by atoms with van der Waals surface area (Å²) >= 11 is 0. The standard InChI is InChI=1S/C15H19FN2O2/c1-10(2)17-8-12-7-13(16)4-5-15(12)19-9-14-6-11(3)20-18-14/h4-7,10,17H,8-9H2,1-3H3. The van der Waals surface area contributed by atoms with E-state index >= 15 is 0 Å². The Balaban J connectivity index is 2.05. The van der Waals surface area contributed by atoms with Crippen LogP contribution in [0.15, 0.2) is 28.8 Å². The highest BCUT2D eigenvalue weighted by atomic mass is 19.1. The van der Waals surface area contributed by atoms with Gasteiger partial charge in [0.25, 0.3) is 0 Å². The molecule has 0 amide bonds. The van der Waals surface area contributed by atoms with Gasteiger partial charge in [-0.2, -0.15) is 0 Å². The Morgan fingerprint density at radius 3 is 2.80 bits per heavy atom. The van der Waals surface area contributed by atoms with E-state index in [-0.39, 0.29) is 5.82 Å². The molecule has 108 valence electrons. The van der Waals surface area contributed by atoms with Crippen LogP contribution in [-0.2, 0) is 13.2 Å². The Labute approximate surface area is 117 Å². The fourth-order valence-electron chi connectivity index (χ4n) is 1.78. The second-order valence-electron chi connectivity index (χ2n) is 5.01. The number of halogens is 1. The molecule has 0 unspecified atom stereocenters. The highest BCUT2D eigenvalue weighted by Gasteiger charge is 2.08. The molecule has 0 saturated heterocycles. The predicted octanol–water partition coefficient (Wildman–Crippen LogP) is 3.20. The number of rotatable bonds is 6. The van der Waals surface area contributed by atoms with E-state index in [4.69, 9.17) is 9.26 Å². The molecule has 1 aromatic carbocycles. The summed E-state index contributed by atoms with van der Waals surface area (Å²) in [6.45, 7) is 6.77. The molecule has 5 heteroatoms. The van der Waals surface area contributed by atoms with Crippen molar-refractivity contribution in [1.82, 2.24) is 10.5 Å². The van der Waals surface area contributed by atoms with Crippen LogP contribution in [0.1, 0.15) is 30.9 Å². The van der Waals surface area contributed by atoms with Crippen LogP contribution in [0.25, 0.3) is 0 Å². The molecule has 20 heavy (non-hydrogen) atoms. The normalized spacial score (nSPS) is 11.1. The predicted molar refractivity (Wildman–Crippen MR) is 73.9 cm³/mol. The van der Waals surface area contributed by atoms with Crippen molar-refractivity contribution in [1.29, 1.82) is 0 Å². The summed E-state index contributed by atoms with van der Waals surface area (Å²) in [5.74, 6) is 1.12. The minimum Gasteiger partial charge on any atom is -0.487 e. The minimum absolute atomic E-state index is 0.268. The number of nitrogens with one attached hydrogen (secondary N) is 1. The van der Waals surface area contributed by atoms with Gasteiger partial charge in [0.15, 0.2) is 0 Å². The third-order valence-electron chi connectivity index (χ3n) is 2.78.